The number of rotatable bonds is 10. The summed E-state index contributed by atoms with van der Waals surface area (Å²) in [4.78, 5) is 22.6. The first-order chi connectivity index (χ1) is 14.1. The Morgan fingerprint density at radius 1 is 1.17 bits per heavy atom. The van der Waals surface area contributed by atoms with E-state index in [1.807, 2.05) is 55.5 Å². The molecule has 164 valence electrons. The van der Waals surface area contributed by atoms with E-state index in [0.717, 1.165) is 11.3 Å². The summed E-state index contributed by atoms with van der Waals surface area (Å²) in [7, 11) is 1.78. The van der Waals surface area contributed by atoms with Crippen LogP contribution in [0, 0.1) is 0 Å². The smallest absolute Gasteiger partial charge is 0.244 e. The zero-order valence-corrected chi connectivity index (χ0v) is 20.0. The summed E-state index contributed by atoms with van der Waals surface area (Å²) in [5.41, 5.74) is 1.85. The SMILES string of the molecule is CCNC(=NCC(=O)N(C)CCc1ccccn1)NCCC(O)c1ccccc1.I. The van der Waals surface area contributed by atoms with Gasteiger partial charge in [-0.1, -0.05) is 36.4 Å². The molecule has 1 aromatic carbocycles. The van der Waals surface area contributed by atoms with Crippen molar-refractivity contribution in [1.82, 2.24) is 20.5 Å². The first-order valence-corrected chi connectivity index (χ1v) is 9.99. The van der Waals surface area contributed by atoms with E-state index >= 15 is 0 Å². The molecule has 0 fully saturated rings. The first-order valence-electron chi connectivity index (χ1n) is 9.99. The predicted molar refractivity (Wildman–Crippen MR) is 131 cm³/mol. The molecule has 7 nitrogen and oxygen atoms in total. The Balaban J connectivity index is 0.00000450. The largest absolute Gasteiger partial charge is 0.388 e. The van der Waals surface area contributed by atoms with E-state index in [-0.39, 0.29) is 36.4 Å². The van der Waals surface area contributed by atoms with Crippen LogP contribution in [0.5, 0.6) is 0 Å². The van der Waals surface area contributed by atoms with Crippen molar-refractivity contribution in [1.29, 1.82) is 0 Å². The van der Waals surface area contributed by atoms with E-state index in [0.29, 0.717) is 38.4 Å². The molecule has 0 saturated heterocycles. The van der Waals surface area contributed by atoms with Gasteiger partial charge in [0.05, 0.1) is 6.10 Å². The fourth-order valence-electron chi connectivity index (χ4n) is 2.73. The Morgan fingerprint density at radius 2 is 1.90 bits per heavy atom. The minimum absolute atomic E-state index is 0. The molecule has 30 heavy (non-hydrogen) atoms. The maximum absolute atomic E-state index is 12.3. The lowest BCUT2D eigenvalue weighted by Crippen LogP contribution is -2.39. The van der Waals surface area contributed by atoms with E-state index in [1.54, 1.807) is 18.1 Å². The number of aliphatic imine (C=N–C) groups is 1. The van der Waals surface area contributed by atoms with Crippen molar-refractivity contribution in [2.45, 2.75) is 25.9 Å². The maximum atomic E-state index is 12.3. The molecule has 1 unspecified atom stereocenters. The van der Waals surface area contributed by atoms with Crippen LogP contribution >= 0.6 is 24.0 Å². The van der Waals surface area contributed by atoms with E-state index in [2.05, 4.69) is 20.6 Å². The van der Waals surface area contributed by atoms with Gasteiger partial charge in [0.1, 0.15) is 6.54 Å². The standard InChI is InChI=1S/C22H31N5O2.HI/c1-3-23-22(25-15-12-20(28)18-9-5-4-6-10-18)26-17-21(29)27(2)16-13-19-11-7-8-14-24-19;/h4-11,14,20,28H,3,12-13,15-17H2,1-2H3,(H2,23,25,26);1H. The highest BCUT2D eigenvalue weighted by atomic mass is 127. The summed E-state index contributed by atoms with van der Waals surface area (Å²) in [6.45, 7) is 3.87. The van der Waals surface area contributed by atoms with Gasteiger partial charge in [-0.2, -0.15) is 0 Å². The number of hydrogen-bond donors (Lipinski definition) is 3. The Hall–Kier alpha value is -2.20. The first kappa shape index (κ1) is 25.8. The Morgan fingerprint density at radius 3 is 2.57 bits per heavy atom. The topological polar surface area (TPSA) is 89.9 Å². The maximum Gasteiger partial charge on any atom is 0.244 e. The summed E-state index contributed by atoms with van der Waals surface area (Å²) < 4.78 is 0. The molecule has 0 aliphatic carbocycles. The normalized spacial score (nSPS) is 11.9. The lowest BCUT2D eigenvalue weighted by molar-refractivity contribution is -0.128. The molecule has 0 spiro atoms. The molecule has 0 aliphatic heterocycles. The highest BCUT2D eigenvalue weighted by Crippen LogP contribution is 2.14. The third-order valence-electron chi connectivity index (χ3n) is 4.47. The van der Waals surface area contributed by atoms with Gasteiger partial charge >= 0.3 is 0 Å². The van der Waals surface area contributed by atoms with E-state index < -0.39 is 6.10 Å². The molecule has 2 aromatic rings. The summed E-state index contributed by atoms with van der Waals surface area (Å²) in [5.74, 6) is 0.515. The van der Waals surface area contributed by atoms with Gasteiger partial charge < -0.3 is 20.6 Å². The van der Waals surface area contributed by atoms with Crippen molar-refractivity contribution in [2.24, 2.45) is 4.99 Å². The van der Waals surface area contributed by atoms with Gasteiger partial charge in [0.2, 0.25) is 5.91 Å². The molecule has 0 saturated carbocycles. The monoisotopic (exact) mass is 525 g/mol. The summed E-state index contributed by atoms with van der Waals surface area (Å²) in [5, 5.41) is 16.5. The van der Waals surface area contributed by atoms with Crippen LogP contribution in [0.4, 0.5) is 0 Å². The van der Waals surface area contributed by atoms with Crippen LogP contribution in [0.15, 0.2) is 59.7 Å². The average molecular weight is 525 g/mol. The van der Waals surface area contributed by atoms with Crippen LogP contribution in [-0.2, 0) is 11.2 Å². The lowest BCUT2D eigenvalue weighted by Gasteiger charge is -2.17. The van der Waals surface area contributed by atoms with Gasteiger partial charge in [-0.25, -0.2) is 4.99 Å². The van der Waals surface area contributed by atoms with Crippen molar-refractivity contribution in [3.8, 4) is 0 Å². The summed E-state index contributed by atoms with van der Waals surface area (Å²) in [6.07, 6.45) is 2.48. The van der Waals surface area contributed by atoms with Crippen molar-refractivity contribution >= 4 is 35.8 Å². The van der Waals surface area contributed by atoms with Crippen LogP contribution < -0.4 is 10.6 Å². The van der Waals surface area contributed by atoms with E-state index in [4.69, 9.17) is 0 Å². The zero-order chi connectivity index (χ0) is 20.9. The molecular weight excluding hydrogens is 493 g/mol. The number of aliphatic hydroxyl groups excluding tert-OH is 1. The molecule has 1 atom stereocenters. The van der Waals surface area contributed by atoms with Crippen LogP contribution in [0.25, 0.3) is 0 Å². The fraction of sp³-hybridized carbons (Fsp3) is 0.409. The van der Waals surface area contributed by atoms with Crippen molar-refractivity contribution in [3.63, 3.8) is 0 Å². The summed E-state index contributed by atoms with van der Waals surface area (Å²) >= 11 is 0. The second kappa shape index (κ2) is 14.7. The second-order valence-electron chi connectivity index (χ2n) is 6.72. The Bertz CT molecular complexity index is 759. The van der Waals surface area contributed by atoms with Crippen molar-refractivity contribution in [3.05, 3.63) is 66.0 Å². The average Bonchev–Trinajstić information content (AvgIpc) is 2.76. The highest BCUT2D eigenvalue weighted by molar-refractivity contribution is 14.0. The quantitative estimate of drug-likeness (QED) is 0.252. The number of carbonyl (C=O) groups is 1. The Labute approximate surface area is 196 Å². The van der Waals surface area contributed by atoms with Gasteiger partial charge in [0.25, 0.3) is 0 Å². The van der Waals surface area contributed by atoms with Crippen LogP contribution in [-0.4, -0.2) is 60.1 Å². The fourth-order valence-corrected chi connectivity index (χ4v) is 2.73. The van der Waals surface area contributed by atoms with E-state index in [1.165, 1.54) is 0 Å². The van der Waals surface area contributed by atoms with Crippen LogP contribution in [0.3, 0.4) is 0 Å². The van der Waals surface area contributed by atoms with Crippen LogP contribution in [0.2, 0.25) is 0 Å². The number of benzene rings is 1. The second-order valence-corrected chi connectivity index (χ2v) is 6.72. The van der Waals surface area contributed by atoms with Crippen molar-refractivity contribution < 1.29 is 9.90 Å². The van der Waals surface area contributed by atoms with Gasteiger partial charge in [0, 0.05) is 45.0 Å². The third kappa shape index (κ3) is 9.53. The number of pyridine rings is 1. The lowest BCUT2D eigenvalue weighted by atomic mass is 10.1. The molecule has 8 heteroatoms. The van der Waals surface area contributed by atoms with Gasteiger partial charge in [-0.05, 0) is 31.0 Å². The molecule has 2 rings (SSSR count). The molecule has 1 aromatic heterocycles. The molecule has 1 heterocycles. The molecule has 1 amide bonds. The molecular formula is C22H32IN5O2. The number of guanidine groups is 1. The number of nitrogens with one attached hydrogen (secondary N) is 2. The number of aromatic nitrogens is 1. The zero-order valence-electron chi connectivity index (χ0n) is 17.6. The number of aliphatic hydroxyl groups is 1. The number of nitrogens with zero attached hydrogens (tertiary/aromatic N) is 3. The van der Waals surface area contributed by atoms with Crippen LogP contribution in [0.1, 0.15) is 30.7 Å². The number of amides is 1. The molecule has 0 radical (unpaired) electrons. The minimum atomic E-state index is -0.536. The van der Waals surface area contributed by atoms with E-state index in [9.17, 15) is 9.90 Å². The minimum Gasteiger partial charge on any atom is -0.388 e. The van der Waals surface area contributed by atoms with Gasteiger partial charge in [-0.3, -0.25) is 9.78 Å². The number of hydrogen-bond acceptors (Lipinski definition) is 4. The van der Waals surface area contributed by atoms with Gasteiger partial charge in [0.15, 0.2) is 5.96 Å². The number of likely N-dealkylation sites (N-methyl/N-ethyl adjacent to an activating group) is 1. The molecule has 0 aliphatic rings. The molecule has 0 bridgehead atoms. The molecule has 3 N–H and O–H groups in total. The third-order valence-corrected chi connectivity index (χ3v) is 4.47. The highest BCUT2D eigenvalue weighted by Gasteiger charge is 2.10. The summed E-state index contributed by atoms with van der Waals surface area (Å²) in [6, 6.07) is 15.3. The van der Waals surface area contributed by atoms with Gasteiger partial charge in [-0.15, -0.1) is 24.0 Å². The number of halogens is 1. The predicted octanol–water partition coefficient (Wildman–Crippen LogP) is 2.38. The number of carbonyl (C=O) groups excluding carboxylic acids is 1. The van der Waals surface area contributed by atoms with Crippen molar-refractivity contribution in [2.75, 3.05) is 33.2 Å². The Kier molecular flexibility index (Phi) is 12.7.